The summed E-state index contributed by atoms with van der Waals surface area (Å²) in [4.78, 5) is 14.3. The molecule has 0 saturated heterocycles. The summed E-state index contributed by atoms with van der Waals surface area (Å²) >= 11 is 0. The number of nitrogens with one attached hydrogen (secondary N) is 1. The third kappa shape index (κ3) is 3.89. The first-order chi connectivity index (χ1) is 12.9. The first-order valence-corrected chi connectivity index (χ1v) is 10.6. The van der Waals surface area contributed by atoms with E-state index < -0.39 is 10.0 Å². The third-order valence-corrected chi connectivity index (χ3v) is 6.53. The summed E-state index contributed by atoms with van der Waals surface area (Å²) in [6.07, 6.45) is 3.06. The van der Waals surface area contributed by atoms with Crippen molar-refractivity contribution in [3.05, 3.63) is 59.4 Å². The molecule has 1 N–H and O–H groups in total. The summed E-state index contributed by atoms with van der Waals surface area (Å²) in [5.74, 6) is -0.0130. The quantitative estimate of drug-likeness (QED) is 0.827. The maximum absolute atomic E-state index is 12.9. The Labute approximate surface area is 158 Å². The zero-order valence-corrected chi connectivity index (χ0v) is 15.6. The van der Waals surface area contributed by atoms with Gasteiger partial charge in [-0.05, 0) is 67.1 Å². The van der Waals surface area contributed by atoms with Gasteiger partial charge in [0.25, 0.3) is 0 Å². The molecule has 0 bridgehead atoms. The Hall–Kier alpha value is -2.25. The second kappa shape index (κ2) is 7.05. The number of sulfonamides is 1. The van der Waals surface area contributed by atoms with E-state index in [9.17, 15) is 17.6 Å². The van der Waals surface area contributed by atoms with E-state index in [1.807, 2.05) is 0 Å². The Kier molecular flexibility index (Phi) is 4.74. The van der Waals surface area contributed by atoms with Crippen LogP contribution in [0.2, 0.25) is 0 Å². The number of fused-ring (bicyclic) bond motifs is 1. The Morgan fingerprint density at radius 2 is 1.89 bits per heavy atom. The molecule has 2 aromatic carbocycles. The molecule has 2 aliphatic rings. The van der Waals surface area contributed by atoms with Gasteiger partial charge >= 0.3 is 0 Å². The molecule has 1 aliphatic heterocycles. The van der Waals surface area contributed by atoms with Gasteiger partial charge in [-0.1, -0.05) is 12.1 Å². The van der Waals surface area contributed by atoms with E-state index in [-0.39, 0.29) is 29.1 Å². The van der Waals surface area contributed by atoms with Crippen molar-refractivity contribution in [2.24, 2.45) is 5.92 Å². The molecule has 5 nitrogen and oxygen atoms in total. The summed E-state index contributed by atoms with van der Waals surface area (Å²) in [7, 11) is -3.63. The predicted molar refractivity (Wildman–Crippen MR) is 101 cm³/mol. The van der Waals surface area contributed by atoms with Crippen LogP contribution in [0.15, 0.2) is 47.4 Å². The standard InChI is InChI=1S/C20H21FN2O3S/c21-17-5-1-14(2-6-17)9-11-22-27(25,26)18-7-8-19-16(13-18)10-12-23(19)20(24)15-3-4-15/h1-2,5-8,13,15,22H,3-4,9-12H2. The Morgan fingerprint density at radius 1 is 1.15 bits per heavy atom. The van der Waals surface area contributed by atoms with E-state index in [0.29, 0.717) is 19.4 Å². The van der Waals surface area contributed by atoms with Gasteiger partial charge < -0.3 is 4.90 Å². The van der Waals surface area contributed by atoms with Crippen molar-refractivity contribution in [1.82, 2.24) is 4.72 Å². The Balaban J connectivity index is 1.43. The lowest BCUT2D eigenvalue weighted by Crippen LogP contribution is -2.30. The molecule has 0 aromatic heterocycles. The molecule has 142 valence electrons. The van der Waals surface area contributed by atoms with Crippen molar-refractivity contribution < 1.29 is 17.6 Å². The number of hydrogen-bond donors (Lipinski definition) is 1. The largest absolute Gasteiger partial charge is 0.312 e. The van der Waals surface area contributed by atoms with E-state index in [2.05, 4.69) is 4.72 Å². The number of amides is 1. The Morgan fingerprint density at radius 3 is 2.59 bits per heavy atom. The second-order valence-electron chi connectivity index (χ2n) is 7.08. The van der Waals surface area contributed by atoms with Crippen molar-refractivity contribution >= 4 is 21.6 Å². The van der Waals surface area contributed by atoms with Crippen LogP contribution in [0.25, 0.3) is 0 Å². The predicted octanol–water partition coefficient (Wildman–Crippen LogP) is 2.65. The van der Waals surface area contributed by atoms with Crippen molar-refractivity contribution in [3.63, 3.8) is 0 Å². The highest BCUT2D eigenvalue weighted by Crippen LogP contribution is 2.37. The normalized spacial score (nSPS) is 16.4. The maximum atomic E-state index is 12.9. The smallest absolute Gasteiger partial charge is 0.240 e. The zero-order chi connectivity index (χ0) is 19.0. The van der Waals surface area contributed by atoms with Crippen LogP contribution in [0.5, 0.6) is 0 Å². The molecular weight excluding hydrogens is 367 g/mol. The van der Waals surface area contributed by atoms with E-state index >= 15 is 0 Å². The lowest BCUT2D eigenvalue weighted by molar-refractivity contribution is -0.119. The van der Waals surface area contributed by atoms with Crippen LogP contribution >= 0.6 is 0 Å². The zero-order valence-electron chi connectivity index (χ0n) is 14.8. The minimum atomic E-state index is -3.63. The summed E-state index contributed by atoms with van der Waals surface area (Å²) < 4.78 is 40.6. The van der Waals surface area contributed by atoms with E-state index in [4.69, 9.17) is 0 Å². The van der Waals surface area contributed by atoms with E-state index in [1.54, 1.807) is 35.2 Å². The highest BCUT2D eigenvalue weighted by molar-refractivity contribution is 7.89. The van der Waals surface area contributed by atoms with Crippen LogP contribution in [0.4, 0.5) is 10.1 Å². The van der Waals surface area contributed by atoms with E-state index in [1.165, 1.54) is 12.1 Å². The maximum Gasteiger partial charge on any atom is 0.240 e. The highest BCUT2D eigenvalue weighted by Gasteiger charge is 2.36. The summed E-state index contributed by atoms with van der Waals surface area (Å²) in [5, 5.41) is 0. The first kappa shape index (κ1) is 18.1. The molecule has 0 atom stereocenters. The van der Waals surface area contributed by atoms with Crippen molar-refractivity contribution in [1.29, 1.82) is 0 Å². The van der Waals surface area contributed by atoms with Crippen molar-refractivity contribution in [3.8, 4) is 0 Å². The van der Waals surface area contributed by atoms with Gasteiger partial charge in [-0.25, -0.2) is 17.5 Å². The molecule has 0 radical (unpaired) electrons. The Bertz CT molecular complexity index is 969. The summed E-state index contributed by atoms with van der Waals surface area (Å²) in [6, 6.07) is 11.0. The van der Waals surface area contributed by atoms with Crippen LogP contribution in [0.3, 0.4) is 0 Å². The first-order valence-electron chi connectivity index (χ1n) is 9.12. The van der Waals surface area contributed by atoms with Gasteiger partial charge in [0.1, 0.15) is 5.82 Å². The molecule has 1 amide bonds. The van der Waals surface area contributed by atoms with Gasteiger partial charge in [0.15, 0.2) is 0 Å². The molecule has 1 heterocycles. The number of carbonyl (C=O) groups is 1. The van der Waals surface area contributed by atoms with Gasteiger partial charge in [-0.2, -0.15) is 0 Å². The molecule has 0 spiro atoms. The molecule has 1 saturated carbocycles. The number of benzene rings is 2. The van der Waals surface area contributed by atoms with Crippen LogP contribution in [-0.4, -0.2) is 27.4 Å². The average Bonchev–Trinajstić information content (AvgIpc) is 3.41. The topological polar surface area (TPSA) is 66.5 Å². The van der Waals surface area contributed by atoms with Crippen LogP contribution < -0.4 is 9.62 Å². The van der Waals surface area contributed by atoms with Crippen molar-refractivity contribution in [2.45, 2.75) is 30.6 Å². The molecule has 2 aromatic rings. The molecular formula is C20H21FN2O3S. The van der Waals surface area contributed by atoms with Gasteiger partial charge in [0.05, 0.1) is 4.90 Å². The molecule has 0 unspecified atom stereocenters. The average molecular weight is 388 g/mol. The van der Waals surface area contributed by atoms with Gasteiger partial charge in [-0.15, -0.1) is 0 Å². The number of nitrogens with zero attached hydrogens (tertiary/aromatic N) is 1. The number of rotatable bonds is 6. The number of halogens is 1. The van der Waals surface area contributed by atoms with E-state index in [0.717, 1.165) is 29.7 Å². The van der Waals surface area contributed by atoms with Crippen LogP contribution in [0, 0.1) is 11.7 Å². The minimum Gasteiger partial charge on any atom is -0.312 e. The number of carbonyl (C=O) groups excluding carboxylic acids is 1. The molecule has 4 rings (SSSR count). The van der Waals surface area contributed by atoms with Gasteiger partial charge in [-0.3, -0.25) is 4.79 Å². The minimum absolute atomic E-state index is 0.146. The SMILES string of the molecule is O=C(C1CC1)N1CCc2cc(S(=O)(=O)NCCc3ccc(F)cc3)ccc21. The fraction of sp³-hybridized carbons (Fsp3) is 0.350. The molecule has 1 fully saturated rings. The highest BCUT2D eigenvalue weighted by atomic mass is 32.2. The van der Waals surface area contributed by atoms with Crippen LogP contribution in [-0.2, 0) is 27.7 Å². The molecule has 27 heavy (non-hydrogen) atoms. The summed E-state index contributed by atoms with van der Waals surface area (Å²) in [6.45, 7) is 0.851. The fourth-order valence-corrected chi connectivity index (χ4v) is 4.47. The van der Waals surface area contributed by atoms with Crippen molar-refractivity contribution in [2.75, 3.05) is 18.0 Å². The molecule has 7 heteroatoms. The number of anilines is 1. The van der Waals surface area contributed by atoms with Crippen LogP contribution in [0.1, 0.15) is 24.0 Å². The second-order valence-corrected chi connectivity index (χ2v) is 8.85. The van der Waals surface area contributed by atoms with Gasteiger partial charge in [0.2, 0.25) is 15.9 Å². The lowest BCUT2D eigenvalue weighted by Gasteiger charge is -2.17. The fourth-order valence-electron chi connectivity index (χ4n) is 3.39. The monoisotopic (exact) mass is 388 g/mol. The number of hydrogen-bond acceptors (Lipinski definition) is 3. The third-order valence-electron chi connectivity index (χ3n) is 5.07. The van der Waals surface area contributed by atoms with Gasteiger partial charge in [0, 0.05) is 24.7 Å². The molecule has 1 aliphatic carbocycles. The summed E-state index contributed by atoms with van der Waals surface area (Å²) in [5.41, 5.74) is 2.59. The lowest BCUT2D eigenvalue weighted by atomic mass is 10.1.